The number of hydrogen-bond donors (Lipinski definition) is 2. The van der Waals surface area contributed by atoms with E-state index in [-0.39, 0.29) is 0 Å². The molecule has 4 aromatic heterocycles. The van der Waals surface area contributed by atoms with Crippen LogP contribution in [-0.2, 0) is 13.0 Å². The van der Waals surface area contributed by atoms with Gasteiger partial charge in [0, 0.05) is 36.6 Å². The minimum Gasteiger partial charge on any atom is -0.364 e. The van der Waals surface area contributed by atoms with E-state index in [4.69, 9.17) is 0 Å². The van der Waals surface area contributed by atoms with E-state index in [2.05, 4.69) is 37.4 Å². The molecule has 4 heterocycles. The third kappa shape index (κ3) is 3.10. The molecule has 0 saturated heterocycles. The number of hydrogen-bond acceptors (Lipinski definition) is 4. The number of aromatic nitrogens is 4. The van der Waals surface area contributed by atoms with Crippen molar-refractivity contribution in [3.63, 3.8) is 0 Å². The van der Waals surface area contributed by atoms with E-state index in [1.54, 1.807) is 12.4 Å². The van der Waals surface area contributed by atoms with Gasteiger partial charge in [0.1, 0.15) is 11.5 Å². The fourth-order valence-corrected chi connectivity index (χ4v) is 2.70. The van der Waals surface area contributed by atoms with Crippen molar-refractivity contribution in [1.82, 2.24) is 19.9 Å². The maximum atomic E-state index is 4.49. The third-order valence-electron chi connectivity index (χ3n) is 3.93. The van der Waals surface area contributed by atoms with E-state index in [1.165, 1.54) is 11.1 Å². The van der Waals surface area contributed by atoms with Crippen molar-refractivity contribution in [3.05, 3.63) is 84.1 Å². The molecule has 0 radical (unpaired) electrons. The van der Waals surface area contributed by atoms with Crippen molar-refractivity contribution in [1.29, 1.82) is 0 Å². The lowest BCUT2D eigenvalue weighted by atomic mass is 10.1. The Morgan fingerprint density at radius 1 is 0.917 bits per heavy atom. The molecule has 0 aliphatic carbocycles. The van der Waals surface area contributed by atoms with Gasteiger partial charge in [-0.2, -0.15) is 0 Å². The fourth-order valence-electron chi connectivity index (χ4n) is 2.70. The number of aromatic amines is 1. The summed E-state index contributed by atoms with van der Waals surface area (Å²) in [6.45, 7) is 0.668. The average molecular weight is 315 g/mol. The number of nitrogens with one attached hydrogen (secondary N) is 2. The highest BCUT2D eigenvalue weighted by molar-refractivity contribution is 5.79. The summed E-state index contributed by atoms with van der Waals surface area (Å²) in [5.74, 6) is 0.852. The topological polar surface area (TPSA) is 66.5 Å². The molecule has 0 spiro atoms. The molecule has 0 fully saturated rings. The van der Waals surface area contributed by atoms with Crippen molar-refractivity contribution < 1.29 is 0 Å². The summed E-state index contributed by atoms with van der Waals surface area (Å²) in [6, 6.07) is 14.0. The first-order chi connectivity index (χ1) is 11.9. The third-order valence-corrected chi connectivity index (χ3v) is 3.93. The number of fused-ring (bicyclic) bond motifs is 1. The van der Waals surface area contributed by atoms with Crippen LogP contribution in [0, 0.1) is 0 Å². The highest BCUT2D eigenvalue weighted by atomic mass is 15.0. The molecule has 0 amide bonds. The molecule has 5 nitrogen and oxygen atoms in total. The zero-order chi connectivity index (χ0) is 16.2. The molecule has 0 aliphatic rings. The number of H-pyrrole nitrogens is 1. The fraction of sp³-hybridized carbons (Fsp3) is 0.105. The Hall–Kier alpha value is -3.21. The predicted molar refractivity (Wildman–Crippen MR) is 94.7 cm³/mol. The predicted octanol–water partition coefficient (Wildman–Crippen LogP) is 3.56. The van der Waals surface area contributed by atoms with Crippen LogP contribution in [0.3, 0.4) is 0 Å². The van der Waals surface area contributed by atoms with Gasteiger partial charge in [0.05, 0.1) is 12.2 Å². The second kappa shape index (κ2) is 6.50. The van der Waals surface area contributed by atoms with Crippen LogP contribution in [-0.4, -0.2) is 19.9 Å². The second-order valence-electron chi connectivity index (χ2n) is 5.62. The molecular formula is C19H17N5. The lowest BCUT2D eigenvalue weighted by Gasteiger charge is -2.06. The van der Waals surface area contributed by atoms with Crippen LogP contribution in [0.4, 0.5) is 5.82 Å². The molecule has 0 bridgehead atoms. The van der Waals surface area contributed by atoms with E-state index in [9.17, 15) is 0 Å². The summed E-state index contributed by atoms with van der Waals surface area (Å²) in [4.78, 5) is 16.3. The first kappa shape index (κ1) is 14.4. The van der Waals surface area contributed by atoms with E-state index >= 15 is 0 Å². The lowest BCUT2D eigenvalue weighted by Crippen LogP contribution is -2.03. The van der Waals surface area contributed by atoms with Crippen molar-refractivity contribution in [3.8, 4) is 0 Å². The SMILES string of the molecule is c1ccc(CNc2ccc(Cc3c[nH]c4ncccc34)cn2)nc1. The monoisotopic (exact) mass is 315 g/mol. The summed E-state index contributed by atoms with van der Waals surface area (Å²) >= 11 is 0. The molecule has 0 unspecified atom stereocenters. The molecule has 0 saturated carbocycles. The van der Waals surface area contributed by atoms with Crippen molar-refractivity contribution >= 4 is 16.9 Å². The minimum atomic E-state index is 0.668. The van der Waals surface area contributed by atoms with E-state index < -0.39 is 0 Å². The van der Waals surface area contributed by atoms with Crippen molar-refractivity contribution in [2.24, 2.45) is 0 Å². The zero-order valence-electron chi connectivity index (χ0n) is 13.1. The van der Waals surface area contributed by atoms with Gasteiger partial charge in [0.2, 0.25) is 0 Å². The van der Waals surface area contributed by atoms with Crippen LogP contribution in [0.5, 0.6) is 0 Å². The lowest BCUT2D eigenvalue weighted by molar-refractivity contribution is 1.02. The van der Waals surface area contributed by atoms with Crippen LogP contribution >= 0.6 is 0 Å². The quantitative estimate of drug-likeness (QED) is 0.591. The van der Waals surface area contributed by atoms with Gasteiger partial charge in [-0.15, -0.1) is 0 Å². The standard InChI is InChI=1S/C19H17N5/c1-2-8-20-16(4-1)13-23-18-7-6-14(11-22-18)10-15-12-24-19-17(15)5-3-9-21-19/h1-9,11-12H,10,13H2,(H,21,24)(H,22,23). The van der Waals surface area contributed by atoms with Crippen LogP contribution in [0.2, 0.25) is 0 Å². The maximum absolute atomic E-state index is 4.49. The van der Waals surface area contributed by atoms with Crippen LogP contribution in [0.25, 0.3) is 11.0 Å². The molecule has 0 aromatic carbocycles. The van der Waals surface area contributed by atoms with Gasteiger partial charge in [-0.25, -0.2) is 9.97 Å². The molecular weight excluding hydrogens is 298 g/mol. The molecule has 0 atom stereocenters. The number of anilines is 1. The normalized spacial score (nSPS) is 10.8. The second-order valence-corrected chi connectivity index (χ2v) is 5.62. The van der Waals surface area contributed by atoms with Gasteiger partial charge < -0.3 is 10.3 Å². The Kier molecular flexibility index (Phi) is 3.90. The van der Waals surface area contributed by atoms with E-state index in [1.807, 2.05) is 42.7 Å². The molecule has 118 valence electrons. The molecule has 4 aromatic rings. The van der Waals surface area contributed by atoms with E-state index in [0.717, 1.165) is 29.0 Å². The van der Waals surface area contributed by atoms with Gasteiger partial charge in [0.15, 0.2) is 0 Å². The molecule has 2 N–H and O–H groups in total. The summed E-state index contributed by atoms with van der Waals surface area (Å²) < 4.78 is 0. The Morgan fingerprint density at radius 2 is 1.88 bits per heavy atom. The Labute approximate surface area is 139 Å². The molecule has 0 aliphatic heterocycles. The Bertz CT molecular complexity index is 929. The zero-order valence-corrected chi connectivity index (χ0v) is 13.1. The first-order valence-corrected chi connectivity index (χ1v) is 7.88. The molecule has 4 rings (SSSR count). The Balaban J connectivity index is 1.44. The van der Waals surface area contributed by atoms with E-state index in [0.29, 0.717) is 6.54 Å². The van der Waals surface area contributed by atoms with Gasteiger partial charge >= 0.3 is 0 Å². The highest BCUT2D eigenvalue weighted by Gasteiger charge is 2.05. The maximum Gasteiger partial charge on any atom is 0.137 e. The van der Waals surface area contributed by atoms with Gasteiger partial charge in [-0.05, 0) is 41.5 Å². The Morgan fingerprint density at radius 3 is 2.71 bits per heavy atom. The summed E-state index contributed by atoms with van der Waals surface area (Å²) in [7, 11) is 0. The molecule has 24 heavy (non-hydrogen) atoms. The van der Waals surface area contributed by atoms with Gasteiger partial charge in [-0.1, -0.05) is 12.1 Å². The van der Waals surface area contributed by atoms with Crippen LogP contribution in [0.1, 0.15) is 16.8 Å². The number of rotatable bonds is 5. The molecule has 5 heteroatoms. The average Bonchev–Trinajstić information content (AvgIpc) is 3.05. The minimum absolute atomic E-state index is 0.668. The smallest absolute Gasteiger partial charge is 0.137 e. The first-order valence-electron chi connectivity index (χ1n) is 7.88. The van der Waals surface area contributed by atoms with Gasteiger partial charge in [-0.3, -0.25) is 4.98 Å². The summed E-state index contributed by atoms with van der Waals surface area (Å²) in [5.41, 5.74) is 4.32. The van der Waals surface area contributed by atoms with Gasteiger partial charge in [0.25, 0.3) is 0 Å². The largest absolute Gasteiger partial charge is 0.364 e. The van der Waals surface area contributed by atoms with Crippen LogP contribution < -0.4 is 5.32 Å². The van der Waals surface area contributed by atoms with Crippen molar-refractivity contribution in [2.45, 2.75) is 13.0 Å². The number of pyridine rings is 3. The number of nitrogens with zero attached hydrogens (tertiary/aromatic N) is 3. The summed E-state index contributed by atoms with van der Waals surface area (Å²) in [5, 5.41) is 4.45. The van der Waals surface area contributed by atoms with Crippen molar-refractivity contribution in [2.75, 3.05) is 5.32 Å². The summed E-state index contributed by atoms with van der Waals surface area (Å²) in [6.07, 6.45) is 8.36. The highest BCUT2D eigenvalue weighted by Crippen LogP contribution is 2.19. The van der Waals surface area contributed by atoms with Crippen LogP contribution in [0.15, 0.2) is 67.3 Å².